The van der Waals surface area contributed by atoms with Gasteiger partial charge >= 0.3 is 17.9 Å². The van der Waals surface area contributed by atoms with Crippen LogP contribution in [0.1, 0.15) is 297 Å². The third-order valence-electron chi connectivity index (χ3n) is 12.6. The number of hydrogen-bond acceptors (Lipinski definition) is 6. The predicted octanol–water partition coefficient (Wildman–Crippen LogP) is 19.0. The Bertz CT molecular complexity index is 1150. The smallest absolute Gasteiger partial charge is 0.306 e. The molecule has 0 bridgehead atoms. The van der Waals surface area contributed by atoms with Crippen LogP contribution in [-0.4, -0.2) is 37.2 Å². The molecule has 0 fully saturated rings. The van der Waals surface area contributed by atoms with Crippen molar-refractivity contribution < 1.29 is 28.6 Å². The third kappa shape index (κ3) is 52.3. The second-order valence-electron chi connectivity index (χ2n) is 19.2. The zero-order chi connectivity index (χ0) is 47.9. The van der Waals surface area contributed by atoms with Crippen LogP contribution in [0.25, 0.3) is 0 Å². The van der Waals surface area contributed by atoms with Gasteiger partial charge in [0.05, 0.1) is 0 Å². The van der Waals surface area contributed by atoms with Crippen LogP contribution in [-0.2, 0) is 28.6 Å². The summed E-state index contributed by atoms with van der Waals surface area (Å²) in [4.78, 5) is 38.0. The quantitative estimate of drug-likeness (QED) is 0.0262. The van der Waals surface area contributed by atoms with Gasteiger partial charge in [-0.2, -0.15) is 0 Å². The Hall–Kier alpha value is -2.63. The minimum Gasteiger partial charge on any atom is -0.462 e. The maximum Gasteiger partial charge on any atom is 0.306 e. The fourth-order valence-electron chi connectivity index (χ4n) is 8.32. The highest BCUT2D eigenvalue weighted by atomic mass is 16.6. The fraction of sp³-hybridized carbons (Fsp3) is 0.817. The number of carbonyl (C=O) groups excluding carboxylic acids is 3. The zero-order valence-corrected chi connectivity index (χ0v) is 44.0. The molecule has 1 unspecified atom stereocenters. The van der Waals surface area contributed by atoms with Crippen molar-refractivity contribution in [1.29, 1.82) is 0 Å². The van der Waals surface area contributed by atoms with Crippen LogP contribution in [0.2, 0.25) is 0 Å². The average molecular weight is 926 g/mol. The standard InChI is InChI=1S/C60H108O6/c1-4-7-10-13-16-19-22-24-25-26-27-28-29-30-31-32-33-34-35-36-39-41-44-47-50-53-59(62)65-56-57(55-64-58(61)52-49-46-43-40-37-21-18-15-12-9-6-3)66-60(63)54-51-48-45-42-38-23-20-17-14-11-8-5-2/h7,10,16,19,24-25,27-28,57H,4-6,8-9,11-15,17-18,20-23,26,29-56H2,1-3H3/b10-7-,19-16-,25-24-,28-27-. The van der Waals surface area contributed by atoms with Gasteiger partial charge in [0.25, 0.3) is 0 Å². The van der Waals surface area contributed by atoms with Crippen LogP contribution in [0, 0.1) is 0 Å². The Morgan fingerprint density at radius 1 is 0.318 bits per heavy atom. The molecule has 0 amide bonds. The molecule has 0 saturated heterocycles. The van der Waals surface area contributed by atoms with Crippen LogP contribution in [0.4, 0.5) is 0 Å². The van der Waals surface area contributed by atoms with Gasteiger partial charge in [0.15, 0.2) is 6.10 Å². The Labute approximate surface area is 409 Å². The summed E-state index contributed by atoms with van der Waals surface area (Å²) in [5.41, 5.74) is 0. The molecule has 0 aromatic carbocycles. The summed E-state index contributed by atoms with van der Waals surface area (Å²) in [7, 11) is 0. The third-order valence-corrected chi connectivity index (χ3v) is 12.6. The summed E-state index contributed by atoms with van der Waals surface area (Å²) in [6.45, 7) is 6.54. The van der Waals surface area contributed by atoms with Gasteiger partial charge < -0.3 is 14.2 Å². The highest BCUT2D eigenvalue weighted by Gasteiger charge is 2.19. The van der Waals surface area contributed by atoms with E-state index >= 15 is 0 Å². The molecule has 6 heteroatoms. The van der Waals surface area contributed by atoms with Gasteiger partial charge in [-0.1, -0.05) is 268 Å². The second-order valence-corrected chi connectivity index (χ2v) is 19.2. The van der Waals surface area contributed by atoms with E-state index in [1.165, 1.54) is 173 Å². The topological polar surface area (TPSA) is 78.9 Å². The van der Waals surface area contributed by atoms with Crippen LogP contribution in [0.5, 0.6) is 0 Å². The van der Waals surface area contributed by atoms with E-state index in [-0.39, 0.29) is 31.1 Å². The molecule has 0 aliphatic rings. The van der Waals surface area contributed by atoms with Crippen molar-refractivity contribution in [3.8, 4) is 0 Å². The van der Waals surface area contributed by atoms with Gasteiger partial charge in [0.1, 0.15) is 13.2 Å². The molecule has 384 valence electrons. The largest absolute Gasteiger partial charge is 0.462 e. The first-order chi connectivity index (χ1) is 32.5. The predicted molar refractivity (Wildman–Crippen MR) is 284 cm³/mol. The molecule has 0 aromatic rings. The SMILES string of the molecule is CC/C=C\C/C=C\C/C=C\C/C=C\CCCCCCCCCCCCCCC(=O)OCC(COC(=O)CCCCCCCCCCCCC)OC(=O)CCCCCCCCCCCCCC. The maximum absolute atomic E-state index is 12.8. The summed E-state index contributed by atoms with van der Waals surface area (Å²) in [5.74, 6) is -0.857. The Morgan fingerprint density at radius 2 is 0.591 bits per heavy atom. The Kier molecular flexibility index (Phi) is 52.8. The van der Waals surface area contributed by atoms with Crippen LogP contribution in [0.3, 0.4) is 0 Å². The van der Waals surface area contributed by atoms with Gasteiger partial charge in [-0.25, -0.2) is 0 Å². The normalized spacial score (nSPS) is 12.3. The molecule has 0 aromatic heterocycles. The number of hydrogen-bond donors (Lipinski definition) is 0. The first kappa shape index (κ1) is 63.4. The van der Waals surface area contributed by atoms with Gasteiger partial charge in [0.2, 0.25) is 0 Å². The monoisotopic (exact) mass is 925 g/mol. The van der Waals surface area contributed by atoms with E-state index in [0.29, 0.717) is 19.3 Å². The first-order valence-electron chi connectivity index (χ1n) is 28.6. The molecule has 0 rings (SSSR count). The van der Waals surface area contributed by atoms with Crippen LogP contribution >= 0.6 is 0 Å². The molecule has 1 atom stereocenters. The molecular weight excluding hydrogens is 817 g/mol. The van der Waals surface area contributed by atoms with E-state index in [1.807, 2.05) is 0 Å². The van der Waals surface area contributed by atoms with Crippen molar-refractivity contribution in [3.63, 3.8) is 0 Å². The molecule has 0 spiro atoms. The number of allylic oxidation sites excluding steroid dienone is 8. The molecule has 6 nitrogen and oxygen atoms in total. The molecular formula is C60H108O6. The number of ether oxygens (including phenoxy) is 3. The van der Waals surface area contributed by atoms with E-state index in [9.17, 15) is 14.4 Å². The number of unbranched alkanes of at least 4 members (excludes halogenated alkanes) is 33. The lowest BCUT2D eigenvalue weighted by molar-refractivity contribution is -0.167. The molecule has 0 N–H and O–H groups in total. The molecule has 66 heavy (non-hydrogen) atoms. The molecule has 0 aliphatic heterocycles. The fourth-order valence-corrected chi connectivity index (χ4v) is 8.32. The minimum atomic E-state index is -0.767. The van der Waals surface area contributed by atoms with Crippen molar-refractivity contribution in [3.05, 3.63) is 48.6 Å². The van der Waals surface area contributed by atoms with E-state index in [0.717, 1.165) is 83.5 Å². The highest BCUT2D eigenvalue weighted by molar-refractivity contribution is 5.71. The van der Waals surface area contributed by atoms with Gasteiger partial charge in [-0.3, -0.25) is 14.4 Å². The van der Waals surface area contributed by atoms with E-state index < -0.39 is 6.10 Å². The van der Waals surface area contributed by atoms with Gasteiger partial charge in [0, 0.05) is 19.3 Å². The summed E-state index contributed by atoms with van der Waals surface area (Å²) >= 11 is 0. The maximum atomic E-state index is 12.8. The summed E-state index contributed by atoms with van der Waals surface area (Å²) in [6, 6.07) is 0. The van der Waals surface area contributed by atoms with E-state index in [1.54, 1.807) is 0 Å². The van der Waals surface area contributed by atoms with Crippen molar-refractivity contribution in [1.82, 2.24) is 0 Å². The van der Waals surface area contributed by atoms with Crippen molar-refractivity contribution in [2.45, 2.75) is 303 Å². The van der Waals surface area contributed by atoms with Crippen molar-refractivity contribution >= 4 is 17.9 Å². The molecule has 0 aliphatic carbocycles. The first-order valence-corrected chi connectivity index (χ1v) is 28.6. The highest BCUT2D eigenvalue weighted by Crippen LogP contribution is 2.16. The Morgan fingerprint density at radius 3 is 0.924 bits per heavy atom. The lowest BCUT2D eigenvalue weighted by Crippen LogP contribution is -2.30. The van der Waals surface area contributed by atoms with Crippen molar-refractivity contribution in [2.75, 3.05) is 13.2 Å². The Balaban J connectivity index is 4.19. The molecule has 0 saturated carbocycles. The summed E-state index contributed by atoms with van der Waals surface area (Å²) in [6.07, 6.45) is 66.8. The van der Waals surface area contributed by atoms with Crippen LogP contribution in [0.15, 0.2) is 48.6 Å². The van der Waals surface area contributed by atoms with E-state index in [4.69, 9.17) is 14.2 Å². The number of rotatable bonds is 52. The van der Waals surface area contributed by atoms with Gasteiger partial charge in [-0.15, -0.1) is 0 Å². The molecule has 0 heterocycles. The summed E-state index contributed by atoms with van der Waals surface area (Å²) < 4.78 is 16.8. The van der Waals surface area contributed by atoms with E-state index in [2.05, 4.69) is 69.4 Å². The van der Waals surface area contributed by atoms with Crippen molar-refractivity contribution in [2.24, 2.45) is 0 Å². The lowest BCUT2D eigenvalue weighted by Gasteiger charge is -2.18. The average Bonchev–Trinajstić information content (AvgIpc) is 3.31. The van der Waals surface area contributed by atoms with Gasteiger partial charge in [-0.05, 0) is 57.8 Å². The van der Waals surface area contributed by atoms with Crippen LogP contribution < -0.4 is 0 Å². The number of esters is 3. The molecule has 0 radical (unpaired) electrons. The lowest BCUT2D eigenvalue weighted by atomic mass is 10.0. The number of carbonyl (C=O) groups is 3. The minimum absolute atomic E-state index is 0.0684. The summed E-state index contributed by atoms with van der Waals surface area (Å²) in [5, 5.41) is 0. The second kappa shape index (κ2) is 55.0. The zero-order valence-electron chi connectivity index (χ0n) is 44.0.